The number of benzene rings is 2. The number of nitriles is 1. The SMILES string of the molecule is C[C@@H](N)Cc1cc(C#N)c2c(c1)CCN2CCCOCc1ccccc1.O=C(O)C(O)C(O)C(=O)O. The van der Waals surface area contributed by atoms with Gasteiger partial charge in [-0.2, -0.15) is 5.26 Å². The van der Waals surface area contributed by atoms with Crippen LogP contribution in [0.4, 0.5) is 5.69 Å². The van der Waals surface area contributed by atoms with Gasteiger partial charge in [-0.05, 0) is 48.9 Å². The van der Waals surface area contributed by atoms with Gasteiger partial charge in [0.2, 0.25) is 0 Å². The number of ether oxygens (including phenoxy) is 1. The zero-order valence-electron chi connectivity index (χ0n) is 20.2. The van der Waals surface area contributed by atoms with Crippen LogP contribution in [-0.4, -0.2) is 70.3 Å². The van der Waals surface area contributed by atoms with E-state index in [0.717, 1.165) is 50.2 Å². The maximum atomic E-state index is 9.77. The molecule has 36 heavy (non-hydrogen) atoms. The molecule has 1 heterocycles. The molecule has 0 radical (unpaired) electrons. The molecule has 0 spiro atoms. The van der Waals surface area contributed by atoms with Gasteiger partial charge < -0.3 is 35.8 Å². The minimum atomic E-state index is -2.27. The maximum absolute atomic E-state index is 9.77. The number of aliphatic hydroxyl groups is 2. The lowest BCUT2D eigenvalue weighted by molar-refractivity contribution is -0.165. The maximum Gasteiger partial charge on any atom is 0.335 e. The molecular weight excluding hydrogens is 466 g/mol. The van der Waals surface area contributed by atoms with Crippen molar-refractivity contribution in [3.63, 3.8) is 0 Å². The molecule has 3 rings (SSSR count). The number of carboxylic acid groups (broad SMARTS) is 2. The van der Waals surface area contributed by atoms with Crippen LogP contribution in [0.15, 0.2) is 42.5 Å². The third-order valence-electron chi connectivity index (χ3n) is 5.53. The van der Waals surface area contributed by atoms with Crippen molar-refractivity contribution in [1.29, 1.82) is 5.26 Å². The fourth-order valence-corrected chi connectivity index (χ4v) is 3.88. The van der Waals surface area contributed by atoms with Crippen molar-refractivity contribution in [2.24, 2.45) is 5.73 Å². The van der Waals surface area contributed by atoms with Crippen LogP contribution in [0.25, 0.3) is 0 Å². The lowest BCUT2D eigenvalue weighted by atomic mass is 9.99. The molecule has 194 valence electrons. The van der Waals surface area contributed by atoms with E-state index < -0.39 is 24.1 Å². The van der Waals surface area contributed by atoms with E-state index in [2.05, 4.69) is 29.2 Å². The molecule has 6 N–H and O–H groups in total. The number of aliphatic hydroxyl groups excluding tert-OH is 2. The lowest BCUT2D eigenvalue weighted by Crippen LogP contribution is -2.39. The molecule has 0 aromatic heterocycles. The van der Waals surface area contributed by atoms with E-state index in [1.807, 2.05) is 31.2 Å². The molecule has 10 heteroatoms. The fraction of sp³-hybridized carbons (Fsp3) is 0.423. The summed E-state index contributed by atoms with van der Waals surface area (Å²) in [5.41, 5.74) is 11.5. The standard InChI is InChI=1S/C22H27N3O.C4H6O6/c1-17(24)12-19-13-20-8-10-25(22(20)21(14-19)15-23)9-5-11-26-16-18-6-3-2-4-7-18;5-1(3(7)8)2(6)4(9)10/h2-4,6-7,13-14,17H,5,8-12,16,24H2,1H3;1-2,5-6H,(H,7,8)(H,9,10)/t17-;/m1./s1. The number of hydrogen-bond donors (Lipinski definition) is 5. The van der Waals surface area contributed by atoms with Crippen molar-refractivity contribution in [2.75, 3.05) is 24.6 Å². The summed E-state index contributed by atoms with van der Waals surface area (Å²) in [4.78, 5) is 21.9. The summed E-state index contributed by atoms with van der Waals surface area (Å²) in [6, 6.07) is 17.0. The first-order valence-electron chi connectivity index (χ1n) is 11.6. The Hall–Kier alpha value is -3.49. The van der Waals surface area contributed by atoms with Gasteiger partial charge in [-0.1, -0.05) is 36.4 Å². The summed E-state index contributed by atoms with van der Waals surface area (Å²) in [6.07, 6.45) is -1.76. The molecule has 10 nitrogen and oxygen atoms in total. The van der Waals surface area contributed by atoms with Crippen molar-refractivity contribution in [1.82, 2.24) is 0 Å². The summed E-state index contributed by atoms with van der Waals surface area (Å²) < 4.78 is 5.78. The van der Waals surface area contributed by atoms with Gasteiger partial charge in [0.1, 0.15) is 6.07 Å². The van der Waals surface area contributed by atoms with Gasteiger partial charge in [0.15, 0.2) is 12.2 Å². The van der Waals surface area contributed by atoms with Crippen LogP contribution in [0, 0.1) is 11.3 Å². The van der Waals surface area contributed by atoms with Gasteiger partial charge in [0.05, 0.1) is 17.9 Å². The number of nitrogens with two attached hydrogens (primary N) is 1. The molecule has 0 saturated carbocycles. The van der Waals surface area contributed by atoms with Crippen LogP contribution in [0.5, 0.6) is 0 Å². The second-order valence-corrected chi connectivity index (χ2v) is 8.64. The van der Waals surface area contributed by atoms with Crippen LogP contribution in [0.1, 0.15) is 35.6 Å². The van der Waals surface area contributed by atoms with Gasteiger partial charge >= 0.3 is 11.9 Å². The number of carboxylic acids is 2. The largest absolute Gasteiger partial charge is 0.479 e. The molecule has 1 aliphatic rings. The second kappa shape index (κ2) is 14.2. The molecule has 3 atom stereocenters. The zero-order valence-corrected chi connectivity index (χ0v) is 20.2. The summed E-state index contributed by atoms with van der Waals surface area (Å²) in [5.74, 6) is -3.54. The predicted octanol–water partition coefficient (Wildman–Crippen LogP) is 1.29. The van der Waals surface area contributed by atoms with Crippen molar-refractivity contribution < 1.29 is 34.8 Å². The number of hydrogen-bond acceptors (Lipinski definition) is 8. The Morgan fingerprint density at radius 3 is 2.31 bits per heavy atom. The minimum Gasteiger partial charge on any atom is -0.479 e. The number of anilines is 1. The van der Waals surface area contributed by atoms with E-state index in [9.17, 15) is 14.9 Å². The van der Waals surface area contributed by atoms with Crippen LogP contribution in [-0.2, 0) is 33.8 Å². The van der Waals surface area contributed by atoms with Gasteiger partial charge in [-0.25, -0.2) is 9.59 Å². The van der Waals surface area contributed by atoms with Crippen molar-refractivity contribution >= 4 is 17.6 Å². The predicted molar refractivity (Wildman–Crippen MR) is 132 cm³/mol. The Balaban J connectivity index is 0.000000388. The second-order valence-electron chi connectivity index (χ2n) is 8.64. The molecule has 2 aromatic carbocycles. The Morgan fingerprint density at radius 2 is 1.75 bits per heavy atom. The highest BCUT2D eigenvalue weighted by molar-refractivity contribution is 5.83. The van der Waals surface area contributed by atoms with Crippen molar-refractivity contribution in [2.45, 2.75) is 51.0 Å². The molecule has 0 saturated heterocycles. The highest BCUT2D eigenvalue weighted by Crippen LogP contribution is 2.33. The average molecular weight is 500 g/mol. The van der Waals surface area contributed by atoms with Crippen LogP contribution in [0.3, 0.4) is 0 Å². The molecule has 2 unspecified atom stereocenters. The van der Waals surface area contributed by atoms with Crippen LogP contribution < -0.4 is 10.6 Å². The van der Waals surface area contributed by atoms with Crippen molar-refractivity contribution in [3.8, 4) is 6.07 Å². The van der Waals surface area contributed by atoms with E-state index in [1.54, 1.807) is 0 Å². The van der Waals surface area contributed by atoms with Gasteiger partial charge in [0, 0.05) is 25.7 Å². The number of fused-ring (bicyclic) bond motifs is 1. The highest BCUT2D eigenvalue weighted by atomic mass is 16.5. The summed E-state index contributed by atoms with van der Waals surface area (Å²) in [7, 11) is 0. The number of rotatable bonds is 11. The Morgan fingerprint density at radius 1 is 1.11 bits per heavy atom. The summed E-state index contributed by atoms with van der Waals surface area (Å²) in [5, 5.41) is 42.1. The minimum absolute atomic E-state index is 0.110. The first-order chi connectivity index (χ1) is 17.1. The smallest absolute Gasteiger partial charge is 0.335 e. The average Bonchev–Trinajstić information content (AvgIpc) is 3.25. The molecular formula is C26H33N3O7. The first-order valence-corrected chi connectivity index (χ1v) is 11.6. The Labute approximate surface area is 210 Å². The van der Waals surface area contributed by atoms with E-state index in [4.69, 9.17) is 30.9 Å². The van der Waals surface area contributed by atoms with Gasteiger partial charge in [-0.15, -0.1) is 0 Å². The monoisotopic (exact) mass is 499 g/mol. The van der Waals surface area contributed by atoms with Crippen LogP contribution >= 0.6 is 0 Å². The van der Waals surface area contributed by atoms with E-state index in [1.165, 1.54) is 16.7 Å². The number of carbonyl (C=O) groups is 2. The summed E-state index contributed by atoms with van der Waals surface area (Å²) >= 11 is 0. The fourth-order valence-electron chi connectivity index (χ4n) is 3.88. The first kappa shape index (κ1) is 28.7. The highest BCUT2D eigenvalue weighted by Gasteiger charge is 2.29. The molecule has 1 aliphatic heterocycles. The Bertz CT molecular complexity index is 1040. The quantitative estimate of drug-likeness (QED) is 0.283. The molecule has 0 aliphatic carbocycles. The third-order valence-corrected chi connectivity index (χ3v) is 5.53. The van der Waals surface area contributed by atoms with E-state index in [0.29, 0.717) is 6.61 Å². The molecule has 0 fully saturated rings. The number of nitrogens with zero attached hydrogens (tertiary/aromatic N) is 2. The third kappa shape index (κ3) is 8.62. The number of aliphatic carboxylic acids is 2. The van der Waals surface area contributed by atoms with E-state index >= 15 is 0 Å². The zero-order chi connectivity index (χ0) is 26.7. The Kier molecular flexibility index (Phi) is 11.3. The van der Waals surface area contributed by atoms with Crippen LogP contribution in [0.2, 0.25) is 0 Å². The molecule has 0 bridgehead atoms. The normalized spacial score (nSPS) is 14.6. The van der Waals surface area contributed by atoms with Crippen molar-refractivity contribution in [3.05, 3.63) is 64.7 Å². The summed E-state index contributed by atoms with van der Waals surface area (Å²) in [6.45, 7) is 5.28. The lowest BCUT2D eigenvalue weighted by Gasteiger charge is -2.21. The molecule has 2 aromatic rings. The molecule has 0 amide bonds. The topological polar surface area (TPSA) is 177 Å². The van der Waals surface area contributed by atoms with Gasteiger partial charge in [0.25, 0.3) is 0 Å². The van der Waals surface area contributed by atoms with E-state index in [-0.39, 0.29) is 6.04 Å². The van der Waals surface area contributed by atoms with Gasteiger partial charge in [-0.3, -0.25) is 0 Å².